The fourth-order valence-electron chi connectivity index (χ4n) is 2.11. The Labute approximate surface area is 120 Å². The van der Waals surface area contributed by atoms with Crippen LogP contribution in [0.1, 0.15) is 13.3 Å². The van der Waals surface area contributed by atoms with E-state index in [2.05, 4.69) is 28.6 Å². The molecule has 20 heavy (non-hydrogen) atoms. The molecule has 3 N–H and O–H groups in total. The van der Waals surface area contributed by atoms with Gasteiger partial charge in [-0.15, -0.1) is 0 Å². The number of hydrazone groups is 1. The van der Waals surface area contributed by atoms with Gasteiger partial charge in [0.05, 0.1) is 11.4 Å². The van der Waals surface area contributed by atoms with E-state index < -0.39 is 0 Å². The van der Waals surface area contributed by atoms with Crippen molar-refractivity contribution in [2.24, 2.45) is 10.8 Å². The normalized spacial score (nSPS) is 17.8. The molecule has 0 radical (unpaired) electrons. The molecule has 0 saturated heterocycles. The molecule has 1 aromatic carbocycles. The van der Waals surface area contributed by atoms with Crippen LogP contribution >= 0.6 is 0 Å². The Balaban J connectivity index is 2.20. The number of nitrogens with two attached hydrogens (primary N) is 1. The van der Waals surface area contributed by atoms with Crippen LogP contribution in [0.25, 0.3) is 0 Å². The second-order valence-corrected chi connectivity index (χ2v) is 5.03. The number of hydrogen-bond acceptors (Lipinski definition) is 4. The number of rotatable bonds is 4. The van der Waals surface area contributed by atoms with Gasteiger partial charge in [0.15, 0.2) is 0 Å². The monoisotopic (exact) mass is 270 g/mol. The molecule has 0 amide bonds. The molecule has 0 aliphatic carbocycles. The highest BCUT2D eigenvalue weighted by molar-refractivity contribution is 6.12. The molecule has 4 nitrogen and oxygen atoms in total. The summed E-state index contributed by atoms with van der Waals surface area (Å²) in [6.45, 7) is 4.00. The van der Waals surface area contributed by atoms with Crippen molar-refractivity contribution in [2.45, 2.75) is 13.3 Å². The average Bonchev–Trinajstić information content (AvgIpc) is 2.50. The summed E-state index contributed by atoms with van der Waals surface area (Å²) in [5, 5.41) is 4.54. The standard InChI is InChI=1S/C16H22N4/c1-13(12-17)16(14-8-10-20(2)11-9-14)19-18-15-6-4-3-5-7-15/h3-8,12,18H,9-11,17H2,1-2H3/b13-12+,19-16+. The van der Waals surface area contributed by atoms with Crippen LogP contribution in [0.2, 0.25) is 0 Å². The summed E-state index contributed by atoms with van der Waals surface area (Å²) in [5.74, 6) is 0. The molecular formula is C16H22N4. The van der Waals surface area contributed by atoms with Gasteiger partial charge in [-0.2, -0.15) is 5.10 Å². The van der Waals surface area contributed by atoms with E-state index in [4.69, 9.17) is 5.73 Å². The van der Waals surface area contributed by atoms with E-state index in [0.717, 1.165) is 36.5 Å². The van der Waals surface area contributed by atoms with Crippen LogP contribution in [0.15, 0.2) is 58.9 Å². The van der Waals surface area contributed by atoms with Crippen LogP contribution in [-0.4, -0.2) is 30.7 Å². The zero-order valence-electron chi connectivity index (χ0n) is 12.1. The molecule has 0 bridgehead atoms. The van der Waals surface area contributed by atoms with Gasteiger partial charge in [0.1, 0.15) is 0 Å². The number of nitrogens with one attached hydrogen (secondary N) is 1. The van der Waals surface area contributed by atoms with Crippen LogP contribution in [0, 0.1) is 0 Å². The van der Waals surface area contributed by atoms with E-state index in [1.807, 2.05) is 37.3 Å². The quantitative estimate of drug-likeness (QED) is 0.653. The molecule has 0 atom stereocenters. The second kappa shape index (κ2) is 6.91. The minimum Gasteiger partial charge on any atom is -0.404 e. The Bertz CT molecular complexity index is 529. The SMILES string of the molecule is CC(=C\N)/C(=N\Nc1ccccc1)C1=CCN(C)CC1. The number of anilines is 1. The maximum atomic E-state index is 5.67. The van der Waals surface area contributed by atoms with Crippen molar-refractivity contribution in [3.63, 3.8) is 0 Å². The first-order valence-corrected chi connectivity index (χ1v) is 6.86. The topological polar surface area (TPSA) is 53.6 Å². The van der Waals surface area contributed by atoms with E-state index in [-0.39, 0.29) is 0 Å². The lowest BCUT2D eigenvalue weighted by molar-refractivity contribution is 0.362. The molecule has 1 aliphatic rings. The average molecular weight is 270 g/mol. The molecule has 4 heteroatoms. The molecule has 1 heterocycles. The molecule has 0 saturated carbocycles. The molecule has 0 aromatic heterocycles. The largest absolute Gasteiger partial charge is 0.404 e. The fourth-order valence-corrected chi connectivity index (χ4v) is 2.11. The third-order valence-electron chi connectivity index (χ3n) is 3.41. The maximum Gasteiger partial charge on any atom is 0.0906 e. The summed E-state index contributed by atoms with van der Waals surface area (Å²) < 4.78 is 0. The van der Waals surface area contributed by atoms with Crippen LogP contribution in [-0.2, 0) is 0 Å². The number of benzene rings is 1. The lowest BCUT2D eigenvalue weighted by Gasteiger charge is -2.23. The van der Waals surface area contributed by atoms with Crippen molar-refractivity contribution in [3.05, 3.63) is 53.8 Å². The molecular weight excluding hydrogens is 248 g/mol. The Morgan fingerprint density at radius 3 is 2.70 bits per heavy atom. The van der Waals surface area contributed by atoms with Crippen LogP contribution < -0.4 is 11.2 Å². The van der Waals surface area contributed by atoms with Crippen molar-refractivity contribution in [1.29, 1.82) is 0 Å². The van der Waals surface area contributed by atoms with Crippen molar-refractivity contribution in [2.75, 3.05) is 25.6 Å². The highest BCUT2D eigenvalue weighted by Gasteiger charge is 2.14. The predicted octanol–water partition coefficient (Wildman–Crippen LogP) is 2.58. The van der Waals surface area contributed by atoms with Crippen molar-refractivity contribution >= 4 is 11.4 Å². The number of hydrogen-bond donors (Lipinski definition) is 2. The summed E-state index contributed by atoms with van der Waals surface area (Å²) in [6.07, 6.45) is 4.84. The summed E-state index contributed by atoms with van der Waals surface area (Å²) in [5.41, 5.74) is 12.9. The smallest absolute Gasteiger partial charge is 0.0906 e. The lowest BCUT2D eigenvalue weighted by atomic mass is 9.99. The van der Waals surface area contributed by atoms with Crippen LogP contribution in [0.4, 0.5) is 5.69 Å². The molecule has 0 unspecified atom stereocenters. The zero-order valence-corrected chi connectivity index (χ0v) is 12.1. The van der Waals surface area contributed by atoms with E-state index in [0.29, 0.717) is 0 Å². The third kappa shape index (κ3) is 3.71. The Kier molecular flexibility index (Phi) is 4.96. The van der Waals surface area contributed by atoms with Gasteiger partial charge in [-0.3, -0.25) is 5.43 Å². The Hall–Kier alpha value is -2.07. The van der Waals surface area contributed by atoms with Crippen molar-refractivity contribution < 1.29 is 0 Å². The number of allylic oxidation sites excluding steroid dienone is 1. The molecule has 1 aliphatic heterocycles. The molecule has 1 aromatic rings. The summed E-state index contributed by atoms with van der Waals surface area (Å²) in [6, 6.07) is 9.94. The third-order valence-corrected chi connectivity index (χ3v) is 3.41. The minimum absolute atomic E-state index is 0.949. The maximum absolute atomic E-state index is 5.67. The van der Waals surface area contributed by atoms with E-state index in [9.17, 15) is 0 Å². The van der Waals surface area contributed by atoms with Gasteiger partial charge in [0.2, 0.25) is 0 Å². The van der Waals surface area contributed by atoms with Gasteiger partial charge in [-0.1, -0.05) is 24.3 Å². The summed E-state index contributed by atoms with van der Waals surface area (Å²) in [7, 11) is 2.12. The molecule has 0 fully saturated rings. The lowest BCUT2D eigenvalue weighted by Crippen LogP contribution is -2.27. The first-order chi connectivity index (χ1) is 9.70. The van der Waals surface area contributed by atoms with Crippen molar-refractivity contribution in [3.8, 4) is 0 Å². The summed E-state index contributed by atoms with van der Waals surface area (Å²) in [4.78, 5) is 2.28. The first kappa shape index (κ1) is 14.3. The van der Waals surface area contributed by atoms with E-state index in [1.165, 1.54) is 5.57 Å². The van der Waals surface area contributed by atoms with E-state index in [1.54, 1.807) is 6.20 Å². The second-order valence-electron chi connectivity index (χ2n) is 5.03. The van der Waals surface area contributed by atoms with Crippen molar-refractivity contribution in [1.82, 2.24) is 4.90 Å². The highest BCUT2D eigenvalue weighted by Crippen LogP contribution is 2.16. The zero-order chi connectivity index (χ0) is 14.4. The van der Waals surface area contributed by atoms with Gasteiger partial charge in [0.25, 0.3) is 0 Å². The molecule has 0 spiro atoms. The van der Waals surface area contributed by atoms with Gasteiger partial charge < -0.3 is 10.6 Å². The first-order valence-electron chi connectivity index (χ1n) is 6.86. The van der Waals surface area contributed by atoms with E-state index >= 15 is 0 Å². The number of nitrogens with zero attached hydrogens (tertiary/aromatic N) is 2. The van der Waals surface area contributed by atoms with Gasteiger partial charge in [0, 0.05) is 13.1 Å². The molecule has 2 rings (SSSR count). The number of para-hydroxylation sites is 1. The fraction of sp³-hybridized carbons (Fsp3) is 0.312. The molecule has 106 valence electrons. The highest BCUT2D eigenvalue weighted by atomic mass is 15.3. The van der Waals surface area contributed by atoms with Gasteiger partial charge in [-0.25, -0.2) is 0 Å². The van der Waals surface area contributed by atoms with Crippen LogP contribution in [0.5, 0.6) is 0 Å². The number of likely N-dealkylation sites (N-methyl/N-ethyl adjacent to an activating group) is 1. The van der Waals surface area contributed by atoms with Gasteiger partial charge >= 0.3 is 0 Å². The van der Waals surface area contributed by atoms with Gasteiger partial charge in [-0.05, 0) is 49.9 Å². The Morgan fingerprint density at radius 2 is 2.10 bits per heavy atom. The Morgan fingerprint density at radius 1 is 1.35 bits per heavy atom. The minimum atomic E-state index is 0.949. The van der Waals surface area contributed by atoms with Crippen LogP contribution in [0.3, 0.4) is 0 Å². The predicted molar refractivity (Wildman–Crippen MR) is 85.6 cm³/mol. The summed E-state index contributed by atoms with van der Waals surface area (Å²) >= 11 is 0.